The molecule has 0 bridgehead atoms. The van der Waals surface area contributed by atoms with Crippen molar-refractivity contribution in [3.63, 3.8) is 0 Å². The van der Waals surface area contributed by atoms with E-state index in [0.717, 1.165) is 33.7 Å². The molecule has 0 atom stereocenters. The van der Waals surface area contributed by atoms with Gasteiger partial charge in [-0.3, -0.25) is 9.59 Å². The summed E-state index contributed by atoms with van der Waals surface area (Å²) in [5, 5.41) is 2.68. The van der Waals surface area contributed by atoms with Crippen LogP contribution in [0.15, 0.2) is 41.2 Å². The lowest BCUT2D eigenvalue weighted by Crippen LogP contribution is -2.17. The highest BCUT2D eigenvalue weighted by atomic mass is 16.5. The summed E-state index contributed by atoms with van der Waals surface area (Å²) in [6.45, 7) is 0. The van der Waals surface area contributed by atoms with Crippen LogP contribution in [0.3, 0.4) is 0 Å². The van der Waals surface area contributed by atoms with E-state index in [1.165, 1.54) is 6.07 Å². The lowest BCUT2D eigenvalue weighted by atomic mass is 10.0. The molecule has 0 unspecified atom stereocenters. The first-order valence-corrected chi connectivity index (χ1v) is 6.21. The van der Waals surface area contributed by atoms with Crippen molar-refractivity contribution in [1.82, 2.24) is 4.57 Å². The SMILES string of the molecule is COc1ccc2ccc3c(c(C=O)cc(=O)n3C)c2c1. The van der Waals surface area contributed by atoms with Crippen LogP contribution in [0.5, 0.6) is 5.75 Å². The van der Waals surface area contributed by atoms with E-state index in [1.54, 1.807) is 18.7 Å². The Kier molecular flexibility index (Phi) is 2.79. The molecule has 0 amide bonds. The number of hydrogen-bond acceptors (Lipinski definition) is 3. The minimum atomic E-state index is -0.193. The van der Waals surface area contributed by atoms with Crippen LogP contribution >= 0.6 is 0 Å². The number of aromatic nitrogens is 1. The number of benzene rings is 2. The Balaban J connectivity index is 2.61. The van der Waals surface area contributed by atoms with Crippen LogP contribution in [0.25, 0.3) is 21.7 Å². The molecule has 1 aromatic heterocycles. The van der Waals surface area contributed by atoms with E-state index in [-0.39, 0.29) is 5.56 Å². The van der Waals surface area contributed by atoms with Crippen molar-refractivity contribution in [3.8, 4) is 5.75 Å². The second-order valence-electron chi connectivity index (χ2n) is 4.66. The Morgan fingerprint density at radius 2 is 1.90 bits per heavy atom. The monoisotopic (exact) mass is 267 g/mol. The van der Waals surface area contributed by atoms with Gasteiger partial charge in [-0.1, -0.05) is 12.1 Å². The molecule has 4 heteroatoms. The lowest BCUT2D eigenvalue weighted by Gasteiger charge is -2.11. The number of methoxy groups -OCH3 is 1. The molecule has 3 aromatic rings. The first kappa shape index (κ1) is 12.4. The van der Waals surface area contributed by atoms with Crippen molar-refractivity contribution in [2.75, 3.05) is 7.11 Å². The van der Waals surface area contributed by atoms with Crippen molar-refractivity contribution in [3.05, 3.63) is 52.3 Å². The molecule has 0 aliphatic carbocycles. The summed E-state index contributed by atoms with van der Waals surface area (Å²) < 4.78 is 6.78. The van der Waals surface area contributed by atoms with Crippen LogP contribution in [-0.4, -0.2) is 18.0 Å². The van der Waals surface area contributed by atoms with Gasteiger partial charge in [-0.2, -0.15) is 0 Å². The number of aryl methyl sites for hydroxylation is 1. The van der Waals surface area contributed by atoms with Gasteiger partial charge >= 0.3 is 0 Å². The Hall–Kier alpha value is -2.62. The molecule has 0 N–H and O–H groups in total. The number of carbonyl (C=O) groups is 1. The summed E-state index contributed by atoms with van der Waals surface area (Å²) in [7, 11) is 3.30. The predicted octanol–water partition coefficient (Wildman–Crippen LogP) is 2.51. The maximum Gasteiger partial charge on any atom is 0.251 e. The van der Waals surface area contributed by atoms with Crippen LogP contribution < -0.4 is 10.3 Å². The van der Waals surface area contributed by atoms with E-state index in [9.17, 15) is 9.59 Å². The molecule has 0 fully saturated rings. The zero-order valence-electron chi connectivity index (χ0n) is 11.2. The van der Waals surface area contributed by atoms with E-state index < -0.39 is 0 Å². The van der Waals surface area contributed by atoms with Crippen LogP contribution in [0.4, 0.5) is 0 Å². The maximum absolute atomic E-state index is 11.9. The molecule has 0 spiro atoms. The number of aldehydes is 1. The fraction of sp³-hybridized carbons (Fsp3) is 0.125. The van der Waals surface area contributed by atoms with Gasteiger partial charge in [-0.25, -0.2) is 0 Å². The topological polar surface area (TPSA) is 48.3 Å². The van der Waals surface area contributed by atoms with Crippen molar-refractivity contribution in [2.45, 2.75) is 0 Å². The third-order valence-electron chi connectivity index (χ3n) is 3.59. The third-order valence-corrected chi connectivity index (χ3v) is 3.59. The molecule has 0 saturated heterocycles. The maximum atomic E-state index is 11.9. The number of rotatable bonds is 2. The molecular weight excluding hydrogens is 254 g/mol. The first-order chi connectivity index (χ1) is 9.65. The van der Waals surface area contributed by atoms with Gasteiger partial charge < -0.3 is 9.30 Å². The van der Waals surface area contributed by atoms with Crippen LogP contribution in [0.2, 0.25) is 0 Å². The smallest absolute Gasteiger partial charge is 0.251 e. The van der Waals surface area contributed by atoms with Crippen LogP contribution in [0, 0.1) is 0 Å². The molecule has 1 heterocycles. The first-order valence-electron chi connectivity index (χ1n) is 6.21. The van der Waals surface area contributed by atoms with Crippen molar-refractivity contribution >= 4 is 28.0 Å². The number of nitrogens with zero attached hydrogens (tertiary/aromatic N) is 1. The van der Waals surface area contributed by atoms with E-state index >= 15 is 0 Å². The highest BCUT2D eigenvalue weighted by Crippen LogP contribution is 2.29. The fourth-order valence-electron chi connectivity index (χ4n) is 2.51. The summed E-state index contributed by atoms with van der Waals surface area (Å²) in [4.78, 5) is 23.2. The van der Waals surface area contributed by atoms with E-state index in [2.05, 4.69) is 0 Å². The van der Waals surface area contributed by atoms with Crippen molar-refractivity contribution < 1.29 is 9.53 Å². The zero-order chi connectivity index (χ0) is 14.3. The van der Waals surface area contributed by atoms with Gasteiger partial charge in [0.25, 0.3) is 5.56 Å². The summed E-state index contributed by atoms with van der Waals surface area (Å²) >= 11 is 0. The fourth-order valence-corrected chi connectivity index (χ4v) is 2.51. The van der Waals surface area contributed by atoms with Gasteiger partial charge in [0, 0.05) is 24.1 Å². The van der Waals surface area contributed by atoms with E-state index in [1.807, 2.05) is 30.3 Å². The van der Waals surface area contributed by atoms with Gasteiger partial charge in [-0.15, -0.1) is 0 Å². The quantitative estimate of drug-likeness (QED) is 0.529. The average Bonchev–Trinajstić information content (AvgIpc) is 2.49. The second kappa shape index (κ2) is 4.49. The Morgan fingerprint density at radius 3 is 2.60 bits per heavy atom. The summed E-state index contributed by atoms with van der Waals surface area (Å²) in [5.74, 6) is 0.718. The Morgan fingerprint density at radius 1 is 1.15 bits per heavy atom. The molecule has 0 radical (unpaired) electrons. The summed E-state index contributed by atoms with van der Waals surface area (Å²) in [6.07, 6.45) is 0.725. The molecule has 0 aliphatic heterocycles. The van der Waals surface area contributed by atoms with Gasteiger partial charge in [0.1, 0.15) is 5.75 Å². The number of carbonyl (C=O) groups excluding carboxylic acids is 1. The Labute approximate surface area is 115 Å². The van der Waals surface area contributed by atoms with Crippen LogP contribution in [-0.2, 0) is 7.05 Å². The van der Waals surface area contributed by atoms with Gasteiger partial charge in [0.15, 0.2) is 6.29 Å². The molecule has 20 heavy (non-hydrogen) atoms. The van der Waals surface area contributed by atoms with Crippen molar-refractivity contribution in [2.24, 2.45) is 7.05 Å². The molecule has 4 nitrogen and oxygen atoms in total. The number of ether oxygens (including phenoxy) is 1. The van der Waals surface area contributed by atoms with Crippen LogP contribution in [0.1, 0.15) is 10.4 Å². The highest BCUT2D eigenvalue weighted by Gasteiger charge is 2.10. The molecule has 2 aromatic carbocycles. The van der Waals surface area contributed by atoms with Gasteiger partial charge in [0.2, 0.25) is 0 Å². The minimum Gasteiger partial charge on any atom is -0.497 e. The molecular formula is C16H13NO3. The number of pyridine rings is 1. The normalized spacial score (nSPS) is 10.9. The molecule has 0 saturated carbocycles. The summed E-state index contributed by atoms with van der Waals surface area (Å²) in [6, 6.07) is 10.9. The van der Waals surface area contributed by atoms with Gasteiger partial charge in [-0.05, 0) is 29.0 Å². The standard InChI is InChI=1S/C16H13NO3/c1-17-14-6-4-10-3-5-12(20-2)8-13(10)16(14)11(9-18)7-15(17)19/h3-9H,1-2H3. The minimum absolute atomic E-state index is 0.193. The second-order valence-corrected chi connectivity index (χ2v) is 4.66. The van der Waals surface area contributed by atoms with E-state index in [4.69, 9.17) is 4.74 Å². The third kappa shape index (κ3) is 1.69. The Bertz CT molecular complexity index is 893. The zero-order valence-corrected chi connectivity index (χ0v) is 11.2. The summed E-state index contributed by atoms with van der Waals surface area (Å²) in [5.41, 5.74) is 0.948. The number of hydrogen-bond donors (Lipinski definition) is 0. The van der Waals surface area contributed by atoms with E-state index in [0.29, 0.717) is 5.56 Å². The highest BCUT2D eigenvalue weighted by molar-refractivity contribution is 6.13. The largest absolute Gasteiger partial charge is 0.497 e. The molecule has 0 aliphatic rings. The molecule has 3 rings (SSSR count). The average molecular weight is 267 g/mol. The lowest BCUT2D eigenvalue weighted by molar-refractivity contribution is 0.112. The van der Waals surface area contributed by atoms with Gasteiger partial charge in [0.05, 0.1) is 12.6 Å². The number of fused-ring (bicyclic) bond motifs is 3. The van der Waals surface area contributed by atoms with Crippen molar-refractivity contribution in [1.29, 1.82) is 0 Å². The predicted molar refractivity (Wildman–Crippen MR) is 78.6 cm³/mol. The molecule has 100 valence electrons.